The molecule has 1 rings (SSSR count). The first-order valence-electron chi connectivity index (χ1n) is 5.14. The molecule has 0 saturated heterocycles. The van der Waals surface area contributed by atoms with Gasteiger partial charge in [-0.1, -0.05) is 0 Å². The van der Waals surface area contributed by atoms with Crippen LogP contribution < -0.4 is 4.72 Å². The van der Waals surface area contributed by atoms with Gasteiger partial charge in [-0.15, -0.1) is 0 Å². The highest BCUT2D eigenvalue weighted by molar-refractivity contribution is 7.89. The van der Waals surface area contributed by atoms with E-state index in [0.29, 0.717) is 0 Å². The number of pyridine rings is 1. The van der Waals surface area contributed by atoms with E-state index in [9.17, 15) is 28.4 Å². The summed E-state index contributed by atoms with van der Waals surface area (Å²) in [5.74, 6) is -1.49. The first-order chi connectivity index (χ1) is 9.27. The summed E-state index contributed by atoms with van der Waals surface area (Å²) < 4.78 is 29.7. The number of esters is 1. The molecule has 10 nitrogen and oxygen atoms in total. The first-order valence-corrected chi connectivity index (χ1v) is 6.62. The molecule has 1 atom stereocenters. The van der Waals surface area contributed by atoms with E-state index in [1.165, 1.54) is 0 Å². The Kier molecular flexibility index (Phi) is 5.07. The Morgan fingerprint density at radius 1 is 1.60 bits per heavy atom. The van der Waals surface area contributed by atoms with Gasteiger partial charge in [0.25, 0.3) is 0 Å². The molecule has 1 aromatic heterocycles. The highest BCUT2D eigenvalue weighted by Gasteiger charge is 2.22. The number of nitrogens with zero attached hydrogens (tertiary/aromatic N) is 2. The van der Waals surface area contributed by atoms with Gasteiger partial charge >= 0.3 is 11.8 Å². The van der Waals surface area contributed by atoms with Crippen molar-refractivity contribution < 1.29 is 28.0 Å². The topological polar surface area (TPSA) is 149 Å². The van der Waals surface area contributed by atoms with Crippen molar-refractivity contribution in [1.29, 1.82) is 0 Å². The van der Waals surface area contributed by atoms with Crippen LogP contribution >= 0.6 is 0 Å². The van der Waals surface area contributed by atoms with Crippen molar-refractivity contribution in [1.82, 2.24) is 9.71 Å². The van der Waals surface area contributed by atoms with Crippen LogP contribution in [0.4, 0.5) is 5.82 Å². The number of aromatic nitrogens is 1. The Labute approximate surface area is 113 Å². The summed E-state index contributed by atoms with van der Waals surface area (Å²) in [5.41, 5.74) is 0. The van der Waals surface area contributed by atoms with Gasteiger partial charge in [0.2, 0.25) is 10.0 Å². The van der Waals surface area contributed by atoms with E-state index in [1.54, 1.807) is 0 Å². The minimum Gasteiger partial charge on any atom is -0.467 e. The molecule has 0 bridgehead atoms. The summed E-state index contributed by atoms with van der Waals surface area (Å²) in [6.45, 7) is -0.591. The van der Waals surface area contributed by atoms with Crippen LogP contribution in [0.5, 0.6) is 0 Å². The molecule has 2 N–H and O–H groups in total. The Balaban J connectivity index is 2.79. The molecule has 0 aromatic carbocycles. The number of nitro groups is 1. The summed E-state index contributed by atoms with van der Waals surface area (Å²) in [6, 6.07) is 1.91. The lowest BCUT2D eigenvalue weighted by Gasteiger charge is -2.09. The van der Waals surface area contributed by atoms with Gasteiger partial charge in [-0.25, -0.2) is 17.9 Å². The second kappa shape index (κ2) is 6.36. The van der Waals surface area contributed by atoms with Crippen molar-refractivity contribution in [3.63, 3.8) is 0 Å². The number of nitrogens with one attached hydrogen (secondary N) is 1. The number of hydrogen-bond acceptors (Lipinski definition) is 8. The van der Waals surface area contributed by atoms with Crippen molar-refractivity contribution >= 4 is 21.8 Å². The molecule has 1 aromatic rings. The average Bonchev–Trinajstić information content (AvgIpc) is 2.44. The van der Waals surface area contributed by atoms with E-state index in [0.717, 1.165) is 25.4 Å². The van der Waals surface area contributed by atoms with Crippen LogP contribution in [-0.4, -0.2) is 49.2 Å². The van der Waals surface area contributed by atoms with Gasteiger partial charge in [0.05, 0.1) is 7.11 Å². The molecule has 0 radical (unpaired) electrons. The Morgan fingerprint density at radius 2 is 2.25 bits per heavy atom. The van der Waals surface area contributed by atoms with E-state index in [4.69, 9.17) is 0 Å². The van der Waals surface area contributed by atoms with Gasteiger partial charge in [0.1, 0.15) is 4.90 Å². The SMILES string of the molecule is COC(=O)C(O)CNS(=O)(=O)c1ccc([N+](=O)[O-])nc1. The number of carbonyl (C=O) groups is 1. The number of rotatable bonds is 6. The number of methoxy groups -OCH3 is 1. The Bertz CT molecular complexity index is 598. The molecule has 0 aliphatic rings. The average molecular weight is 305 g/mol. The minimum absolute atomic E-state index is 0.333. The van der Waals surface area contributed by atoms with E-state index < -0.39 is 39.4 Å². The lowest BCUT2D eigenvalue weighted by atomic mass is 10.4. The molecule has 11 heteroatoms. The number of aliphatic hydroxyl groups is 1. The maximum atomic E-state index is 11.7. The molecule has 0 aliphatic heterocycles. The second-order valence-corrected chi connectivity index (χ2v) is 5.27. The number of hydrogen-bond donors (Lipinski definition) is 2. The van der Waals surface area contributed by atoms with E-state index in [-0.39, 0.29) is 4.90 Å². The minimum atomic E-state index is -4.04. The molecule has 1 unspecified atom stereocenters. The maximum absolute atomic E-state index is 11.7. The molecule has 0 saturated carbocycles. The lowest BCUT2D eigenvalue weighted by molar-refractivity contribution is -0.389. The highest BCUT2D eigenvalue weighted by atomic mass is 32.2. The van der Waals surface area contributed by atoms with Crippen LogP contribution in [0.1, 0.15) is 0 Å². The zero-order chi connectivity index (χ0) is 15.3. The number of sulfonamides is 1. The van der Waals surface area contributed by atoms with Gasteiger partial charge in [-0.3, -0.25) is 0 Å². The zero-order valence-corrected chi connectivity index (χ0v) is 11.0. The lowest BCUT2D eigenvalue weighted by Crippen LogP contribution is -2.37. The Morgan fingerprint density at radius 3 is 2.70 bits per heavy atom. The molecular formula is C9H11N3O7S. The first kappa shape index (κ1) is 15.9. The smallest absolute Gasteiger partial charge is 0.363 e. The Hall–Kier alpha value is -2.11. The third-order valence-electron chi connectivity index (χ3n) is 2.16. The van der Waals surface area contributed by atoms with Crippen LogP contribution in [0.25, 0.3) is 0 Å². The van der Waals surface area contributed by atoms with Crippen molar-refractivity contribution in [3.05, 3.63) is 28.4 Å². The van der Waals surface area contributed by atoms with Crippen molar-refractivity contribution in [3.8, 4) is 0 Å². The number of carbonyl (C=O) groups excluding carboxylic acids is 1. The van der Waals surface area contributed by atoms with Crippen LogP contribution in [0, 0.1) is 10.1 Å². The molecular weight excluding hydrogens is 294 g/mol. The molecule has 0 spiro atoms. The van der Waals surface area contributed by atoms with Gasteiger partial charge < -0.3 is 20.0 Å². The highest BCUT2D eigenvalue weighted by Crippen LogP contribution is 2.11. The largest absolute Gasteiger partial charge is 0.467 e. The molecule has 20 heavy (non-hydrogen) atoms. The van der Waals surface area contributed by atoms with Crippen LogP contribution in [0.3, 0.4) is 0 Å². The fourth-order valence-electron chi connectivity index (χ4n) is 1.13. The maximum Gasteiger partial charge on any atom is 0.363 e. The monoisotopic (exact) mass is 305 g/mol. The standard InChI is InChI=1S/C9H11N3O7S/c1-19-9(14)7(13)5-11-20(17,18)6-2-3-8(10-4-6)12(15)16/h2-4,7,11,13H,5H2,1H3. The quantitative estimate of drug-likeness (QED) is 0.378. The van der Waals surface area contributed by atoms with Gasteiger partial charge in [-0.05, 0) is 16.0 Å². The predicted octanol–water partition coefficient (Wildman–Crippen LogP) is -1.20. The van der Waals surface area contributed by atoms with Gasteiger partial charge in [0, 0.05) is 12.6 Å². The fraction of sp³-hybridized carbons (Fsp3) is 0.333. The van der Waals surface area contributed by atoms with E-state index in [2.05, 4.69) is 9.72 Å². The van der Waals surface area contributed by atoms with Crippen LogP contribution in [0.2, 0.25) is 0 Å². The summed E-state index contributed by atoms with van der Waals surface area (Å²) in [4.78, 5) is 23.5. The summed E-state index contributed by atoms with van der Waals surface area (Å²) in [7, 11) is -3.00. The molecule has 110 valence electrons. The molecule has 0 amide bonds. The van der Waals surface area contributed by atoms with Gasteiger partial charge in [-0.2, -0.15) is 0 Å². The molecule has 0 fully saturated rings. The third-order valence-corrected chi connectivity index (χ3v) is 3.57. The zero-order valence-electron chi connectivity index (χ0n) is 10.2. The summed E-state index contributed by atoms with van der Waals surface area (Å²) >= 11 is 0. The van der Waals surface area contributed by atoms with Gasteiger partial charge in [0.15, 0.2) is 12.3 Å². The van der Waals surface area contributed by atoms with Crippen LogP contribution in [-0.2, 0) is 19.6 Å². The normalized spacial score (nSPS) is 12.7. The van der Waals surface area contributed by atoms with E-state index >= 15 is 0 Å². The van der Waals surface area contributed by atoms with Crippen LogP contribution in [0.15, 0.2) is 23.2 Å². The predicted molar refractivity (Wildman–Crippen MR) is 64.1 cm³/mol. The van der Waals surface area contributed by atoms with Crippen molar-refractivity contribution in [2.45, 2.75) is 11.0 Å². The fourth-order valence-corrected chi connectivity index (χ4v) is 2.11. The number of aliphatic hydroxyl groups excluding tert-OH is 1. The summed E-state index contributed by atoms with van der Waals surface area (Å²) in [6.07, 6.45) is -0.855. The molecule has 1 heterocycles. The molecule has 0 aliphatic carbocycles. The van der Waals surface area contributed by atoms with Crippen molar-refractivity contribution in [2.75, 3.05) is 13.7 Å². The second-order valence-electron chi connectivity index (χ2n) is 3.50. The van der Waals surface area contributed by atoms with E-state index in [1.807, 2.05) is 4.72 Å². The summed E-state index contributed by atoms with van der Waals surface area (Å²) in [5, 5.41) is 19.6. The van der Waals surface area contributed by atoms with Crippen molar-refractivity contribution in [2.24, 2.45) is 0 Å². The third kappa shape index (κ3) is 3.94. The number of ether oxygens (including phenoxy) is 1.